The zero-order valence-electron chi connectivity index (χ0n) is 8.98. The van der Waals surface area contributed by atoms with E-state index in [-0.39, 0.29) is 5.54 Å². The lowest BCUT2D eigenvalue weighted by molar-refractivity contribution is 0.560. The summed E-state index contributed by atoms with van der Waals surface area (Å²) in [6.07, 6.45) is 2.35. The number of nitrogens with two attached hydrogens (primary N) is 1. The number of thiophene rings is 1. The fourth-order valence-corrected chi connectivity index (χ4v) is 2.65. The van der Waals surface area contributed by atoms with Crippen molar-refractivity contribution in [1.82, 2.24) is 0 Å². The summed E-state index contributed by atoms with van der Waals surface area (Å²) in [5, 5.41) is 0. The van der Waals surface area contributed by atoms with Crippen molar-refractivity contribution in [3.8, 4) is 0 Å². The van der Waals surface area contributed by atoms with Gasteiger partial charge in [-0.05, 0) is 38.8 Å². The maximum absolute atomic E-state index is 6.11. The van der Waals surface area contributed by atoms with Gasteiger partial charge < -0.3 is 5.73 Å². The van der Waals surface area contributed by atoms with E-state index in [0.29, 0.717) is 0 Å². The first-order valence-corrected chi connectivity index (χ1v) is 5.65. The van der Waals surface area contributed by atoms with Crippen LogP contribution in [-0.2, 0) is 12.0 Å². The van der Waals surface area contributed by atoms with Gasteiger partial charge in [-0.25, -0.2) is 0 Å². The largest absolute Gasteiger partial charge is 0.321 e. The van der Waals surface area contributed by atoms with Gasteiger partial charge in [0.25, 0.3) is 0 Å². The van der Waals surface area contributed by atoms with Crippen molar-refractivity contribution >= 4 is 11.3 Å². The highest BCUT2D eigenvalue weighted by Crippen LogP contribution is 2.31. The maximum atomic E-state index is 6.11. The third-order valence-electron chi connectivity index (χ3n) is 2.04. The second kappa shape index (κ2) is 3.81. The second-order valence-corrected chi connectivity index (χ2v) is 5.44. The fraction of sp³-hybridized carbons (Fsp3) is 0.636. The maximum Gasteiger partial charge on any atom is 0.0449 e. The van der Waals surface area contributed by atoms with Crippen LogP contribution in [0.2, 0.25) is 0 Å². The molecule has 0 aromatic carbocycles. The number of hydrogen-bond donors (Lipinski definition) is 1. The molecular weight excluding hydrogens is 178 g/mol. The van der Waals surface area contributed by atoms with Crippen LogP contribution in [0.3, 0.4) is 0 Å². The molecule has 0 saturated heterocycles. The van der Waals surface area contributed by atoms with Crippen LogP contribution in [0, 0.1) is 6.92 Å². The molecule has 74 valence electrons. The summed E-state index contributed by atoms with van der Waals surface area (Å²) in [7, 11) is 0. The monoisotopic (exact) mass is 197 g/mol. The normalized spacial score (nSPS) is 12.1. The molecule has 13 heavy (non-hydrogen) atoms. The third-order valence-corrected chi connectivity index (χ3v) is 3.47. The van der Waals surface area contributed by atoms with E-state index in [4.69, 9.17) is 5.73 Å². The lowest BCUT2D eigenvalue weighted by Gasteiger charge is -2.18. The smallest absolute Gasteiger partial charge is 0.0449 e. The Morgan fingerprint density at radius 3 is 2.54 bits per heavy atom. The predicted octanol–water partition coefficient (Wildman–Crippen LogP) is 3.20. The molecule has 0 aliphatic heterocycles. The van der Waals surface area contributed by atoms with Crippen LogP contribution in [0.15, 0.2) is 6.07 Å². The Morgan fingerprint density at radius 2 is 2.08 bits per heavy atom. The van der Waals surface area contributed by atoms with Crippen molar-refractivity contribution in [3.05, 3.63) is 21.4 Å². The van der Waals surface area contributed by atoms with E-state index in [9.17, 15) is 0 Å². The molecule has 1 heterocycles. The zero-order valence-corrected chi connectivity index (χ0v) is 9.79. The Balaban J connectivity index is 3.04. The summed E-state index contributed by atoms with van der Waals surface area (Å²) >= 11 is 1.84. The summed E-state index contributed by atoms with van der Waals surface area (Å²) < 4.78 is 0. The summed E-state index contributed by atoms with van der Waals surface area (Å²) in [6.45, 7) is 8.52. The zero-order chi connectivity index (χ0) is 10.1. The molecule has 0 amide bonds. The summed E-state index contributed by atoms with van der Waals surface area (Å²) in [5.74, 6) is 0. The molecule has 0 aliphatic carbocycles. The van der Waals surface area contributed by atoms with Crippen molar-refractivity contribution in [2.45, 2.75) is 46.1 Å². The van der Waals surface area contributed by atoms with E-state index in [1.165, 1.54) is 21.7 Å². The summed E-state index contributed by atoms with van der Waals surface area (Å²) in [6, 6.07) is 2.28. The van der Waals surface area contributed by atoms with Crippen LogP contribution in [0.25, 0.3) is 0 Å². The Kier molecular flexibility index (Phi) is 3.14. The van der Waals surface area contributed by atoms with Gasteiger partial charge in [-0.1, -0.05) is 13.3 Å². The minimum absolute atomic E-state index is 0.177. The Labute approximate surface area is 85.0 Å². The molecule has 1 aromatic heterocycles. The van der Waals surface area contributed by atoms with Gasteiger partial charge in [0.05, 0.1) is 0 Å². The SMILES string of the molecule is CCCc1cc(C)sc1C(C)(C)N. The van der Waals surface area contributed by atoms with Crippen LogP contribution < -0.4 is 5.73 Å². The van der Waals surface area contributed by atoms with Crippen LogP contribution in [0.1, 0.15) is 42.5 Å². The standard InChI is InChI=1S/C11H19NS/c1-5-6-9-7-8(2)13-10(9)11(3,4)12/h7H,5-6,12H2,1-4H3. The van der Waals surface area contributed by atoms with Crippen LogP contribution in [-0.4, -0.2) is 0 Å². The first kappa shape index (κ1) is 10.7. The average Bonchev–Trinajstić information content (AvgIpc) is 2.30. The molecule has 0 spiro atoms. The van der Waals surface area contributed by atoms with Gasteiger partial charge in [0.1, 0.15) is 0 Å². The topological polar surface area (TPSA) is 26.0 Å². The summed E-state index contributed by atoms with van der Waals surface area (Å²) in [4.78, 5) is 2.73. The van der Waals surface area contributed by atoms with Crippen LogP contribution in [0.5, 0.6) is 0 Å². The molecule has 0 aliphatic rings. The molecule has 2 heteroatoms. The fourth-order valence-electron chi connectivity index (χ4n) is 1.57. The Bertz CT molecular complexity index is 281. The lowest BCUT2D eigenvalue weighted by atomic mass is 9.98. The van der Waals surface area contributed by atoms with E-state index in [2.05, 4.69) is 33.8 Å². The molecule has 1 rings (SSSR count). The molecule has 0 fully saturated rings. The Morgan fingerprint density at radius 1 is 1.46 bits per heavy atom. The van der Waals surface area contributed by atoms with Gasteiger partial charge in [-0.2, -0.15) is 0 Å². The van der Waals surface area contributed by atoms with E-state index in [0.717, 1.165) is 6.42 Å². The quantitative estimate of drug-likeness (QED) is 0.791. The van der Waals surface area contributed by atoms with Gasteiger partial charge in [0.15, 0.2) is 0 Å². The van der Waals surface area contributed by atoms with Crippen molar-refractivity contribution in [3.63, 3.8) is 0 Å². The first-order chi connectivity index (χ1) is 5.95. The van der Waals surface area contributed by atoms with E-state index in [1.54, 1.807) is 0 Å². The number of rotatable bonds is 3. The minimum atomic E-state index is -0.177. The number of aryl methyl sites for hydroxylation is 2. The van der Waals surface area contributed by atoms with E-state index < -0.39 is 0 Å². The lowest BCUT2D eigenvalue weighted by Crippen LogP contribution is -2.28. The molecule has 2 N–H and O–H groups in total. The molecule has 0 saturated carbocycles. The van der Waals surface area contributed by atoms with Crippen molar-refractivity contribution in [1.29, 1.82) is 0 Å². The van der Waals surface area contributed by atoms with Gasteiger partial charge in [-0.15, -0.1) is 11.3 Å². The third kappa shape index (κ3) is 2.55. The molecule has 1 aromatic rings. The molecule has 0 atom stereocenters. The molecule has 0 bridgehead atoms. The second-order valence-electron chi connectivity index (χ2n) is 4.18. The highest BCUT2D eigenvalue weighted by atomic mass is 32.1. The Hall–Kier alpha value is -0.340. The summed E-state index contributed by atoms with van der Waals surface area (Å²) in [5.41, 5.74) is 7.38. The van der Waals surface area contributed by atoms with Gasteiger partial charge >= 0.3 is 0 Å². The van der Waals surface area contributed by atoms with Crippen molar-refractivity contribution in [2.75, 3.05) is 0 Å². The highest BCUT2D eigenvalue weighted by molar-refractivity contribution is 7.12. The highest BCUT2D eigenvalue weighted by Gasteiger charge is 2.20. The predicted molar refractivity (Wildman–Crippen MR) is 60.3 cm³/mol. The minimum Gasteiger partial charge on any atom is -0.321 e. The van der Waals surface area contributed by atoms with Gasteiger partial charge in [0.2, 0.25) is 0 Å². The van der Waals surface area contributed by atoms with Gasteiger partial charge in [0, 0.05) is 15.3 Å². The average molecular weight is 197 g/mol. The van der Waals surface area contributed by atoms with Crippen LogP contribution in [0.4, 0.5) is 0 Å². The van der Waals surface area contributed by atoms with Crippen molar-refractivity contribution in [2.24, 2.45) is 5.73 Å². The first-order valence-electron chi connectivity index (χ1n) is 4.83. The molecule has 0 radical (unpaired) electrons. The van der Waals surface area contributed by atoms with Gasteiger partial charge in [-0.3, -0.25) is 0 Å². The molecule has 1 nitrogen and oxygen atoms in total. The number of hydrogen-bond acceptors (Lipinski definition) is 2. The van der Waals surface area contributed by atoms with Crippen LogP contribution >= 0.6 is 11.3 Å². The van der Waals surface area contributed by atoms with E-state index in [1.807, 2.05) is 11.3 Å². The van der Waals surface area contributed by atoms with E-state index >= 15 is 0 Å². The molecular formula is C11H19NS. The molecule has 0 unspecified atom stereocenters. The van der Waals surface area contributed by atoms with Crippen molar-refractivity contribution < 1.29 is 0 Å².